The molecule has 2 aromatic carbocycles. The van der Waals surface area contributed by atoms with Gasteiger partial charge in [-0.15, -0.1) is 0 Å². The number of fused-ring (bicyclic) bond motifs is 1. The molecule has 0 amide bonds. The van der Waals surface area contributed by atoms with Gasteiger partial charge in [0.25, 0.3) is 0 Å². The Kier molecular flexibility index (Phi) is 2.80. The number of aromatic amines is 1. The summed E-state index contributed by atoms with van der Waals surface area (Å²) in [6.45, 7) is 2.05. The predicted molar refractivity (Wildman–Crippen MR) is 78.1 cm³/mol. The summed E-state index contributed by atoms with van der Waals surface area (Å²) < 4.78 is 0. The van der Waals surface area contributed by atoms with Crippen LogP contribution in [0.2, 0.25) is 0 Å². The van der Waals surface area contributed by atoms with Crippen LogP contribution in [0.3, 0.4) is 0 Å². The lowest BCUT2D eigenvalue weighted by atomic mass is 10.2. The maximum Gasteiger partial charge on any atom is 0.154 e. The third-order valence-electron chi connectivity index (χ3n) is 3.18. The van der Waals surface area contributed by atoms with Gasteiger partial charge in [0.2, 0.25) is 0 Å². The molecule has 3 aromatic rings. The van der Waals surface area contributed by atoms with Crippen molar-refractivity contribution in [2.75, 3.05) is 5.32 Å². The highest BCUT2D eigenvalue weighted by atomic mass is 16.1. The fourth-order valence-electron chi connectivity index (χ4n) is 2.17. The first-order chi connectivity index (χ1) is 9.28. The number of aldehydes is 1. The minimum absolute atomic E-state index is 0.663. The zero-order valence-corrected chi connectivity index (χ0v) is 10.6. The molecule has 94 valence electrons. The highest BCUT2D eigenvalue weighted by Crippen LogP contribution is 2.27. The van der Waals surface area contributed by atoms with Gasteiger partial charge in [0.1, 0.15) is 5.82 Å². The van der Waals surface area contributed by atoms with Crippen LogP contribution in [0.1, 0.15) is 15.9 Å². The Bertz CT molecular complexity index is 726. The number of carbonyl (C=O) groups excluding carboxylic acids is 1. The summed E-state index contributed by atoms with van der Waals surface area (Å²) in [5, 5.41) is 4.19. The number of hydrogen-bond acceptors (Lipinski definition) is 2. The zero-order valence-electron chi connectivity index (χ0n) is 10.6. The summed E-state index contributed by atoms with van der Waals surface area (Å²) in [5.41, 5.74) is 3.79. The molecule has 0 aliphatic heterocycles. The average molecular weight is 250 g/mol. The molecule has 3 heteroatoms. The molecular formula is C16H14N2O. The molecule has 0 saturated heterocycles. The second kappa shape index (κ2) is 4.61. The maximum absolute atomic E-state index is 11.3. The van der Waals surface area contributed by atoms with Crippen molar-refractivity contribution in [2.24, 2.45) is 0 Å². The smallest absolute Gasteiger partial charge is 0.154 e. The van der Waals surface area contributed by atoms with E-state index in [9.17, 15) is 4.79 Å². The van der Waals surface area contributed by atoms with Crippen molar-refractivity contribution >= 4 is 28.7 Å². The van der Waals surface area contributed by atoms with E-state index in [4.69, 9.17) is 0 Å². The molecule has 0 bridgehead atoms. The average Bonchev–Trinajstić information content (AvgIpc) is 2.78. The van der Waals surface area contributed by atoms with Crippen LogP contribution >= 0.6 is 0 Å². The number of nitrogens with one attached hydrogen (secondary N) is 2. The number of aryl methyl sites for hydroxylation is 1. The lowest BCUT2D eigenvalue weighted by molar-refractivity contribution is 0.112. The van der Waals surface area contributed by atoms with Crippen LogP contribution in [-0.4, -0.2) is 11.3 Å². The third kappa shape index (κ3) is 2.10. The van der Waals surface area contributed by atoms with Crippen LogP contribution in [0.5, 0.6) is 0 Å². The summed E-state index contributed by atoms with van der Waals surface area (Å²) in [6, 6.07) is 15.8. The normalized spacial score (nSPS) is 10.6. The van der Waals surface area contributed by atoms with Crippen LogP contribution in [0, 0.1) is 6.92 Å². The van der Waals surface area contributed by atoms with Gasteiger partial charge >= 0.3 is 0 Å². The predicted octanol–water partition coefficient (Wildman–Crippen LogP) is 4.03. The fourth-order valence-corrected chi connectivity index (χ4v) is 2.17. The van der Waals surface area contributed by atoms with Crippen molar-refractivity contribution in [3.8, 4) is 0 Å². The Balaban J connectivity index is 2.05. The Hall–Kier alpha value is -2.55. The monoisotopic (exact) mass is 250 g/mol. The quantitative estimate of drug-likeness (QED) is 0.689. The molecule has 1 heterocycles. The molecule has 19 heavy (non-hydrogen) atoms. The van der Waals surface area contributed by atoms with E-state index in [1.54, 1.807) is 0 Å². The van der Waals surface area contributed by atoms with Crippen molar-refractivity contribution in [1.82, 2.24) is 4.98 Å². The molecule has 0 aliphatic carbocycles. The first-order valence-electron chi connectivity index (χ1n) is 6.17. The van der Waals surface area contributed by atoms with Gasteiger partial charge in [0.05, 0.1) is 5.56 Å². The Morgan fingerprint density at radius 3 is 2.53 bits per heavy atom. The number of carbonyl (C=O) groups is 1. The van der Waals surface area contributed by atoms with Gasteiger partial charge in [0, 0.05) is 16.6 Å². The summed E-state index contributed by atoms with van der Waals surface area (Å²) in [4.78, 5) is 14.5. The summed E-state index contributed by atoms with van der Waals surface area (Å²) >= 11 is 0. The molecule has 1 aromatic heterocycles. The number of benzene rings is 2. The van der Waals surface area contributed by atoms with Gasteiger partial charge in [-0.1, -0.05) is 35.9 Å². The van der Waals surface area contributed by atoms with E-state index in [1.807, 2.05) is 55.5 Å². The Labute approximate surface area is 111 Å². The number of aromatic nitrogens is 1. The summed E-state index contributed by atoms with van der Waals surface area (Å²) in [5.74, 6) is 0.736. The van der Waals surface area contributed by atoms with Gasteiger partial charge in [-0.05, 0) is 25.1 Å². The molecule has 3 nitrogen and oxygen atoms in total. The van der Waals surface area contributed by atoms with E-state index in [0.29, 0.717) is 5.56 Å². The Morgan fingerprint density at radius 2 is 1.79 bits per heavy atom. The lowest BCUT2D eigenvalue weighted by Crippen LogP contribution is -1.93. The molecule has 0 spiro atoms. The van der Waals surface area contributed by atoms with E-state index < -0.39 is 0 Å². The van der Waals surface area contributed by atoms with Gasteiger partial charge in [-0.2, -0.15) is 0 Å². The molecular weight excluding hydrogens is 236 g/mol. The third-order valence-corrected chi connectivity index (χ3v) is 3.18. The molecule has 0 fully saturated rings. The van der Waals surface area contributed by atoms with E-state index in [-0.39, 0.29) is 0 Å². The van der Waals surface area contributed by atoms with Crippen molar-refractivity contribution in [2.45, 2.75) is 6.92 Å². The fraction of sp³-hybridized carbons (Fsp3) is 0.0625. The van der Waals surface area contributed by atoms with Crippen molar-refractivity contribution in [1.29, 1.82) is 0 Å². The van der Waals surface area contributed by atoms with E-state index in [0.717, 1.165) is 28.7 Å². The second-order valence-electron chi connectivity index (χ2n) is 4.57. The Morgan fingerprint density at radius 1 is 1.05 bits per heavy atom. The summed E-state index contributed by atoms with van der Waals surface area (Å²) in [7, 11) is 0. The van der Waals surface area contributed by atoms with E-state index in [1.165, 1.54) is 5.56 Å². The minimum atomic E-state index is 0.663. The van der Waals surface area contributed by atoms with E-state index >= 15 is 0 Å². The number of anilines is 2. The van der Waals surface area contributed by atoms with Crippen molar-refractivity contribution in [3.05, 3.63) is 59.7 Å². The highest BCUT2D eigenvalue weighted by Gasteiger charge is 2.10. The molecule has 0 atom stereocenters. The first kappa shape index (κ1) is 11.5. The number of rotatable bonds is 3. The molecule has 2 N–H and O–H groups in total. The largest absolute Gasteiger partial charge is 0.341 e. The lowest BCUT2D eigenvalue weighted by Gasteiger charge is -2.05. The maximum atomic E-state index is 11.3. The van der Waals surface area contributed by atoms with Gasteiger partial charge in [-0.25, -0.2) is 0 Å². The zero-order chi connectivity index (χ0) is 13.2. The molecule has 3 rings (SSSR count). The number of hydrogen-bond donors (Lipinski definition) is 2. The van der Waals surface area contributed by atoms with Crippen LogP contribution in [0.4, 0.5) is 11.5 Å². The second-order valence-corrected chi connectivity index (χ2v) is 4.57. The van der Waals surface area contributed by atoms with Crippen LogP contribution in [0.25, 0.3) is 10.9 Å². The molecule has 0 unspecified atom stereocenters. The number of H-pyrrole nitrogens is 1. The first-order valence-corrected chi connectivity index (χ1v) is 6.17. The standard InChI is InChI=1S/C16H14N2O/c1-11-6-8-12(9-7-11)17-16-14(10-19)13-4-2-3-5-15(13)18-16/h2-10,17-18H,1H3. The van der Waals surface area contributed by atoms with Crippen molar-refractivity contribution in [3.63, 3.8) is 0 Å². The van der Waals surface area contributed by atoms with Crippen LogP contribution < -0.4 is 5.32 Å². The van der Waals surface area contributed by atoms with Gasteiger partial charge in [-0.3, -0.25) is 4.79 Å². The topological polar surface area (TPSA) is 44.9 Å². The van der Waals surface area contributed by atoms with E-state index in [2.05, 4.69) is 10.3 Å². The van der Waals surface area contributed by atoms with Crippen LogP contribution in [0.15, 0.2) is 48.5 Å². The molecule has 0 saturated carbocycles. The molecule has 0 aliphatic rings. The minimum Gasteiger partial charge on any atom is -0.341 e. The molecule has 0 radical (unpaired) electrons. The highest BCUT2D eigenvalue weighted by molar-refractivity contribution is 6.03. The van der Waals surface area contributed by atoms with Crippen molar-refractivity contribution < 1.29 is 4.79 Å². The van der Waals surface area contributed by atoms with Crippen LogP contribution in [-0.2, 0) is 0 Å². The van der Waals surface area contributed by atoms with Gasteiger partial charge in [0.15, 0.2) is 6.29 Å². The summed E-state index contributed by atoms with van der Waals surface area (Å²) in [6.07, 6.45) is 0.884. The number of para-hydroxylation sites is 1. The SMILES string of the molecule is Cc1ccc(Nc2[nH]c3ccccc3c2C=O)cc1. The van der Waals surface area contributed by atoms with Gasteiger partial charge < -0.3 is 10.3 Å².